The van der Waals surface area contributed by atoms with Crippen LogP contribution in [0.1, 0.15) is 24.2 Å². The molecule has 0 aliphatic carbocycles. The van der Waals surface area contributed by atoms with E-state index in [1.165, 1.54) is 0 Å². The van der Waals surface area contributed by atoms with Crippen LogP contribution < -0.4 is 14.9 Å². The monoisotopic (exact) mass is 338 g/mol. The van der Waals surface area contributed by atoms with Gasteiger partial charge in [-0.15, -0.1) is 0 Å². The van der Waals surface area contributed by atoms with Gasteiger partial charge >= 0.3 is 0 Å². The number of benzene rings is 2. The standard InChI is InChI=1S/C19H18N2O4/c1-13(7-8-14-9-10-16-17(11-14)25-12-24-16)20-21-19(23)18(22)15-5-3-2-4-6-15/h2-11,18,22H,12H2,1H3,(H,21,23)/b8-7+,20-13-/t18-/m0/s1. The number of aliphatic hydroxyl groups is 1. The van der Waals surface area contributed by atoms with E-state index in [2.05, 4.69) is 10.5 Å². The average Bonchev–Trinajstić information content (AvgIpc) is 3.12. The van der Waals surface area contributed by atoms with Crippen molar-refractivity contribution in [3.05, 3.63) is 65.7 Å². The maximum atomic E-state index is 11.9. The van der Waals surface area contributed by atoms with Crippen molar-refractivity contribution in [2.24, 2.45) is 5.10 Å². The lowest BCUT2D eigenvalue weighted by atomic mass is 10.1. The van der Waals surface area contributed by atoms with Gasteiger partial charge in [-0.05, 0) is 36.3 Å². The van der Waals surface area contributed by atoms with Crippen LogP contribution in [0.3, 0.4) is 0 Å². The van der Waals surface area contributed by atoms with Gasteiger partial charge in [0.15, 0.2) is 17.6 Å². The van der Waals surface area contributed by atoms with Crippen molar-refractivity contribution >= 4 is 17.7 Å². The number of hydrogen-bond acceptors (Lipinski definition) is 5. The summed E-state index contributed by atoms with van der Waals surface area (Å²) in [5, 5.41) is 13.9. The van der Waals surface area contributed by atoms with E-state index in [1.807, 2.05) is 30.3 Å². The molecule has 0 fully saturated rings. The summed E-state index contributed by atoms with van der Waals surface area (Å²) in [6, 6.07) is 14.3. The summed E-state index contributed by atoms with van der Waals surface area (Å²) < 4.78 is 10.6. The number of fused-ring (bicyclic) bond motifs is 1. The SMILES string of the molecule is CC(/C=C/c1ccc2c(c1)OCO2)=N/NC(=O)[C@@H](O)c1ccccc1. The van der Waals surface area contributed by atoms with Gasteiger partial charge in [-0.25, -0.2) is 5.43 Å². The highest BCUT2D eigenvalue weighted by atomic mass is 16.7. The zero-order valence-corrected chi connectivity index (χ0v) is 13.7. The number of rotatable bonds is 5. The molecule has 1 amide bonds. The van der Waals surface area contributed by atoms with Crippen molar-refractivity contribution in [1.29, 1.82) is 0 Å². The van der Waals surface area contributed by atoms with E-state index in [0.717, 1.165) is 11.3 Å². The number of allylic oxidation sites excluding steroid dienone is 1. The van der Waals surface area contributed by atoms with Gasteiger partial charge < -0.3 is 14.6 Å². The van der Waals surface area contributed by atoms with Gasteiger partial charge in [0.25, 0.3) is 5.91 Å². The van der Waals surface area contributed by atoms with Crippen LogP contribution in [-0.4, -0.2) is 23.5 Å². The number of nitrogens with one attached hydrogen (secondary N) is 1. The molecule has 3 rings (SSSR count). The molecular weight excluding hydrogens is 320 g/mol. The Hall–Kier alpha value is -3.12. The molecule has 0 saturated carbocycles. The highest BCUT2D eigenvalue weighted by Gasteiger charge is 2.16. The van der Waals surface area contributed by atoms with Crippen molar-refractivity contribution in [1.82, 2.24) is 5.43 Å². The number of amides is 1. The Bertz CT molecular complexity index is 815. The van der Waals surface area contributed by atoms with E-state index >= 15 is 0 Å². The fourth-order valence-electron chi connectivity index (χ4n) is 2.26. The van der Waals surface area contributed by atoms with Crippen molar-refractivity contribution in [2.75, 3.05) is 6.79 Å². The Morgan fingerprint density at radius 2 is 1.96 bits per heavy atom. The molecule has 6 nitrogen and oxygen atoms in total. The number of hydrogen-bond donors (Lipinski definition) is 2. The van der Waals surface area contributed by atoms with Crippen LogP contribution >= 0.6 is 0 Å². The Balaban J connectivity index is 1.59. The minimum atomic E-state index is -1.25. The van der Waals surface area contributed by atoms with Gasteiger partial charge in [0.2, 0.25) is 6.79 Å². The zero-order valence-electron chi connectivity index (χ0n) is 13.7. The molecule has 6 heteroatoms. The molecule has 1 aliphatic heterocycles. The molecule has 0 spiro atoms. The van der Waals surface area contributed by atoms with E-state index in [0.29, 0.717) is 17.0 Å². The average molecular weight is 338 g/mol. The van der Waals surface area contributed by atoms with Crippen LogP contribution in [0.15, 0.2) is 59.7 Å². The first kappa shape index (κ1) is 16.7. The quantitative estimate of drug-likeness (QED) is 0.649. The Morgan fingerprint density at radius 3 is 2.76 bits per heavy atom. The smallest absolute Gasteiger partial charge is 0.273 e. The highest BCUT2D eigenvalue weighted by molar-refractivity contribution is 5.97. The van der Waals surface area contributed by atoms with Crippen molar-refractivity contribution in [2.45, 2.75) is 13.0 Å². The number of carbonyl (C=O) groups excluding carboxylic acids is 1. The lowest BCUT2D eigenvalue weighted by molar-refractivity contribution is -0.129. The summed E-state index contributed by atoms with van der Waals surface area (Å²) in [6.07, 6.45) is 2.35. The fourth-order valence-corrected chi connectivity index (χ4v) is 2.26. The second-order valence-corrected chi connectivity index (χ2v) is 5.49. The third kappa shape index (κ3) is 4.24. The van der Waals surface area contributed by atoms with E-state index in [9.17, 15) is 9.90 Å². The Kier molecular flexibility index (Phi) is 5.11. The van der Waals surface area contributed by atoms with Crippen LogP contribution in [0.4, 0.5) is 0 Å². The van der Waals surface area contributed by atoms with Crippen LogP contribution in [-0.2, 0) is 4.79 Å². The molecule has 2 aromatic rings. The normalized spacial score (nSPS) is 14.6. The van der Waals surface area contributed by atoms with E-state index in [4.69, 9.17) is 9.47 Å². The largest absolute Gasteiger partial charge is 0.454 e. The van der Waals surface area contributed by atoms with Crippen LogP contribution in [0.2, 0.25) is 0 Å². The first-order valence-corrected chi connectivity index (χ1v) is 7.78. The predicted molar refractivity (Wildman–Crippen MR) is 94.3 cm³/mol. The summed E-state index contributed by atoms with van der Waals surface area (Å²) in [6.45, 7) is 1.98. The molecule has 2 aromatic carbocycles. The maximum absolute atomic E-state index is 11.9. The molecule has 0 radical (unpaired) electrons. The second kappa shape index (κ2) is 7.63. The Morgan fingerprint density at radius 1 is 1.20 bits per heavy atom. The number of aliphatic hydroxyl groups excluding tert-OH is 1. The number of carbonyl (C=O) groups is 1. The lowest BCUT2D eigenvalue weighted by Crippen LogP contribution is -2.25. The van der Waals surface area contributed by atoms with Gasteiger partial charge in [0.1, 0.15) is 0 Å². The third-order valence-corrected chi connectivity index (χ3v) is 3.62. The number of nitrogens with zero attached hydrogens (tertiary/aromatic N) is 1. The van der Waals surface area contributed by atoms with Crippen molar-refractivity contribution < 1.29 is 19.4 Å². The van der Waals surface area contributed by atoms with E-state index in [-0.39, 0.29) is 6.79 Å². The first-order valence-electron chi connectivity index (χ1n) is 7.78. The summed E-state index contributed by atoms with van der Waals surface area (Å²) in [5.74, 6) is 0.850. The number of ether oxygens (including phenoxy) is 2. The minimum Gasteiger partial charge on any atom is -0.454 e. The summed E-state index contributed by atoms with van der Waals surface area (Å²) >= 11 is 0. The highest BCUT2D eigenvalue weighted by Crippen LogP contribution is 2.32. The zero-order chi connectivity index (χ0) is 17.6. The Labute approximate surface area is 145 Å². The van der Waals surface area contributed by atoms with Crippen LogP contribution in [0.25, 0.3) is 6.08 Å². The summed E-state index contributed by atoms with van der Waals surface area (Å²) in [5.41, 5.74) is 4.39. The molecule has 0 saturated heterocycles. The topological polar surface area (TPSA) is 80.2 Å². The molecule has 25 heavy (non-hydrogen) atoms. The lowest BCUT2D eigenvalue weighted by Gasteiger charge is -2.08. The molecule has 1 heterocycles. The minimum absolute atomic E-state index is 0.235. The second-order valence-electron chi connectivity index (χ2n) is 5.49. The molecule has 0 aromatic heterocycles. The first-order chi connectivity index (χ1) is 12.1. The molecule has 1 atom stereocenters. The molecule has 2 N–H and O–H groups in total. The fraction of sp³-hybridized carbons (Fsp3) is 0.158. The van der Waals surface area contributed by atoms with E-state index in [1.54, 1.807) is 37.3 Å². The van der Waals surface area contributed by atoms with Gasteiger partial charge in [-0.3, -0.25) is 4.79 Å². The van der Waals surface area contributed by atoms with Crippen molar-refractivity contribution in [3.8, 4) is 11.5 Å². The summed E-state index contributed by atoms with van der Waals surface area (Å²) in [4.78, 5) is 11.9. The van der Waals surface area contributed by atoms with Gasteiger partial charge in [-0.2, -0.15) is 5.10 Å². The molecule has 0 bridgehead atoms. The molecule has 128 valence electrons. The van der Waals surface area contributed by atoms with Gasteiger partial charge in [-0.1, -0.05) is 42.5 Å². The number of hydrazone groups is 1. The van der Waals surface area contributed by atoms with Crippen LogP contribution in [0.5, 0.6) is 11.5 Å². The van der Waals surface area contributed by atoms with Gasteiger partial charge in [0.05, 0.1) is 5.71 Å². The maximum Gasteiger partial charge on any atom is 0.273 e. The van der Waals surface area contributed by atoms with Gasteiger partial charge in [0, 0.05) is 0 Å². The summed E-state index contributed by atoms with van der Waals surface area (Å²) in [7, 11) is 0. The third-order valence-electron chi connectivity index (χ3n) is 3.62. The van der Waals surface area contributed by atoms with Crippen LogP contribution in [0, 0.1) is 0 Å². The molecular formula is C19H18N2O4. The molecule has 1 aliphatic rings. The van der Waals surface area contributed by atoms with Crippen molar-refractivity contribution in [3.63, 3.8) is 0 Å². The van der Waals surface area contributed by atoms with E-state index < -0.39 is 12.0 Å². The molecule has 0 unspecified atom stereocenters. The predicted octanol–water partition coefficient (Wildman–Crippen LogP) is 2.65.